The number of benzene rings is 2. The van der Waals surface area contributed by atoms with E-state index < -0.39 is 0 Å². The second-order valence-electron chi connectivity index (χ2n) is 8.95. The number of fused-ring (bicyclic) bond motifs is 1. The summed E-state index contributed by atoms with van der Waals surface area (Å²) in [6, 6.07) is 18.0. The summed E-state index contributed by atoms with van der Waals surface area (Å²) >= 11 is 0. The molecule has 1 fully saturated rings. The maximum atomic E-state index is 6.16. The van der Waals surface area contributed by atoms with Gasteiger partial charge in [0.15, 0.2) is 11.5 Å². The molecule has 2 heterocycles. The van der Waals surface area contributed by atoms with Crippen LogP contribution in [0.25, 0.3) is 10.9 Å². The van der Waals surface area contributed by atoms with E-state index in [1.807, 2.05) is 48.5 Å². The molecule has 5 rings (SSSR count). The van der Waals surface area contributed by atoms with E-state index in [-0.39, 0.29) is 6.10 Å². The standard InChI is InChI=1S/C27H30N6O3/c1-33(2)19-15-20(16-19)36-23-10-9-18(14-24(23)34-3)29-27-28-12-11-25(32-27)30-22-13-17-7-5-6-8-21(17)31-26(22)35-4/h5-14,19-20H,15-16H2,1-4H3,(H2,28,29,30,32). The molecule has 0 radical (unpaired) electrons. The number of anilines is 4. The first-order chi connectivity index (χ1) is 17.5. The minimum Gasteiger partial charge on any atom is -0.493 e. The Morgan fingerprint density at radius 2 is 1.72 bits per heavy atom. The number of hydrogen-bond donors (Lipinski definition) is 2. The van der Waals surface area contributed by atoms with E-state index in [2.05, 4.69) is 44.6 Å². The van der Waals surface area contributed by atoms with Crippen LogP contribution in [0.3, 0.4) is 0 Å². The van der Waals surface area contributed by atoms with E-state index in [9.17, 15) is 0 Å². The van der Waals surface area contributed by atoms with Crippen molar-refractivity contribution in [3.05, 3.63) is 60.8 Å². The lowest BCUT2D eigenvalue weighted by Crippen LogP contribution is -2.46. The van der Waals surface area contributed by atoms with Crippen molar-refractivity contribution in [3.8, 4) is 17.4 Å². The molecule has 186 valence electrons. The van der Waals surface area contributed by atoms with E-state index >= 15 is 0 Å². The van der Waals surface area contributed by atoms with Gasteiger partial charge in [-0.15, -0.1) is 0 Å². The van der Waals surface area contributed by atoms with E-state index in [0.717, 1.165) is 40.9 Å². The topological polar surface area (TPSA) is 93.7 Å². The fraction of sp³-hybridized carbons (Fsp3) is 0.296. The van der Waals surface area contributed by atoms with Gasteiger partial charge >= 0.3 is 0 Å². The van der Waals surface area contributed by atoms with Crippen molar-refractivity contribution in [1.82, 2.24) is 19.9 Å². The van der Waals surface area contributed by atoms with Gasteiger partial charge in [0.2, 0.25) is 11.8 Å². The maximum Gasteiger partial charge on any atom is 0.238 e. The molecular formula is C27H30N6O3. The predicted molar refractivity (Wildman–Crippen MR) is 141 cm³/mol. The number of nitrogens with one attached hydrogen (secondary N) is 2. The Labute approximate surface area is 210 Å². The van der Waals surface area contributed by atoms with Crippen molar-refractivity contribution in [1.29, 1.82) is 0 Å². The fourth-order valence-electron chi connectivity index (χ4n) is 4.18. The third-order valence-electron chi connectivity index (χ3n) is 6.31. The highest BCUT2D eigenvalue weighted by molar-refractivity contribution is 5.84. The summed E-state index contributed by atoms with van der Waals surface area (Å²) in [7, 11) is 7.44. The minimum absolute atomic E-state index is 0.206. The Kier molecular flexibility index (Phi) is 6.73. The zero-order valence-electron chi connectivity index (χ0n) is 20.9. The molecule has 0 atom stereocenters. The van der Waals surface area contributed by atoms with Crippen LogP contribution in [0.15, 0.2) is 60.8 Å². The molecule has 2 aromatic carbocycles. The summed E-state index contributed by atoms with van der Waals surface area (Å²) in [5.74, 6) is 2.93. The quantitative estimate of drug-likeness (QED) is 0.339. The molecule has 0 saturated heterocycles. The van der Waals surface area contributed by atoms with Gasteiger partial charge in [-0.3, -0.25) is 0 Å². The molecule has 1 aliphatic carbocycles. The first-order valence-electron chi connectivity index (χ1n) is 11.8. The summed E-state index contributed by atoms with van der Waals surface area (Å²) in [6.45, 7) is 0. The number of ether oxygens (including phenoxy) is 3. The van der Waals surface area contributed by atoms with Crippen LogP contribution in [-0.2, 0) is 0 Å². The van der Waals surface area contributed by atoms with Gasteiger partial charge in [0, 0.05) is 29.4 Å². The second-order valence-corrected chi connectivity index (χ2v) is 8.95. The van der Waals surface area contributed by atoms with Gasteiger partial charge < -0.3 is 29.7 Å². The number of hydrogen-bond acceptors (Lipinski definition) is 9. The van der Waals surface area contributed by atoms with Gasteiger partial charge in [-0.25, -0.2) is 9.97 Å². The third kappa shape index (κ3) is 5.11. The molecule has 0 unspecified atom stereocenters. The summed E-state index contributed by atoms with van der Waals surface area (Å²) in [5, 5.41) is 7.54. The van der Waals surface area contributed by atoms with E-state index in [1.165, 1.54) is 0 Å². The highest BCUT2D eigenvalue weighted by atomic mass is 16.5. The first kappa shape index (κ1) is 23.6. The average molecular weight is 487 g/mol. The van der Waals surface area contributed by atoms with E-state index in [1.54, 1.807) is 26.5 Å². The zero-order valence-corrected chi connectivity index (χ0v) is 20.9. The molecule has 0 spiro atoms. The van der Waals surface area contributed by atoms with Gasteiger partial charge in [0.1, 0.15) is 17.6 Å². The lowest BCUT2D eigenvalue weighted by atomic mass is 9.88. The zero-order chi connectivity index (χ0) is 25.1. The average Bonchev–Trinajstić information content (AvgIpc) is 2.86. The number of rotatable bonds is 9. The normalized spacial score (nSPS) is 16.9. The van der Waals surface area contributed by atoms with Crippen molar-refractivity contribution in [2.75, 3.05) is 38.9 Å². The lowest BCUT2D eigenvalue weighted by Gasteiger charge is -2.39. The molecule has 36 heavy (non-hydrogen) atoms. The largest absolute Gasteiger partial charge is 0.493 e. The van der Waals surface area contributed by atoms with Crippen LogP contribution >= 0.6 is 0 Å². The van der Waals surface area contributed by atoms with Gasteiger partial charge in [-0.1, -0.05) is 18.2 Å². The monoisotopic (exact) mass is 486 g/mol. The minimum atomic E-state index is 0.206. The highest BCUT2D eigenvalue weighted by Crippen LogP contribution is 2.36. The molecule has 0 aliphatic heterocycles. The third-order valence-corrected chi connectivity index (χ3v) is 6.31. The van der Waals surface area contributed by atoms with Gasteiger partial charge in [-0.2, -0.15) is 4.98 Å². The summed E-state index contributed by atoms with van der Waals surface area (Å²) in [6.07, 6.45) is 3.92. The van der Waals surface area contributed by atoms with E-state index in [0.29, 0.717) is 29.4 Å². The summed E-state index contributed by atoms with van der Waals surface area (Å²) in [5.41, 5.74) is 2.37. The molecule has 9 nitrogen and oxygen atoms in total. The molecule has 0 bridgehead atoms. The van der Waals surface area contributed by atoms with Gasteiger partial charge in [-0.05, 0) is 57.3 Å². The van der Waals surface area contributed by atoms with Crippen LogP contribution in [0.4, 0.5) is 23.1 Å². The summed E-state index contributed by atoms with van der Waals surface area (Å²) < 4.78 is 17.2. The van der Waals surface area contributed by atoms with Crippen molar-refractivity contribution in [3.63, 3.8) is 0 Å². The summed E-state index contributed by atoms with van der Waals surface area (Å²) in [4.78, 5) is 15.8. The van der Waals surface area contributed by atoms with Crippen LogP contribution in [0, 0.1) is 0 Å². The Morgan fingerprint density at radius 3 is 2.50 bits per heavy atom. The molecule has 2 aromatic heterocycles. The smallest absolute Gasteiger partial charge is 0.238 e. The Bertz CT molecular complexity index is 1360. The van der Waals surface area contributed by atoms with E-state index in [4.69, 9.17) is 14.2 Å². The molecule has 1 aliphatic rings. The highest BCUT2D eigenvalue weighted by Gasteiger charge is 2.32. The number of pyridine rings is 1. The van der Waals surface area contributed by atoms with Crippen molar-refractivity contribution in [2.45, 2.75) is 25.0 Å². The van der Waals surface area contributed by atoms with Gasteiger partial charge in [0.05, 0.1) is 19.7 Å². The fourth-order valence-corrected chi connectivity index (χ4v) is 4.18. The molecule has 2 N–H and O–H groups in total. The van der Waals surface area contributed by atoms with Crippen LogP contribution in [0.1, 0.15) is 12.8 Å². The number of nitrogens with zero attached hydrogens (tertiary/aromatic N) is 4. The SMILES string of the molecule is COc1cc(Nc2nccc(Nc3cc4ccccc4nc3OC)n2)ccc1OC1CC(N(C)C)C1. The molecule has 4 aromatic rings. The molecule has 9 heteroatoms. The van der Waals surface area contributed by atoms with Gasteiger partial charge in [0.25, 0.3) is 0 Å². The van der Waals surface area contributed by atoms with Crippen molar-refractivity contribution in [2.24, 2.45) is 0 Å². The Hall–Kier alpha value is -4.11. The molecule has 1 saturated carbocycles. The number of aromatic nitrogens is 3. The predicted octanol–water partition coefficient (Wildman–Crippen LogP) is 5.00. The number of para-hydroxylation sites is 1. The number of methoxy groups -OCH3 is 2. The lowest BCUT2D eigenvalue weighted by molar-refractivity contribution is 0.0383. The van der Waals surface area contributed by atoms with Crippen LogP contribution < -0.4 is 24.8 Å². The Balaban J connectivity index is 1.30. The van der Waals surface area contributed by atoms with Crippen LogP contribution in [0.5, 0.6) is 17.4 Å². The van der Waals surface area contributed by atoms with Crippen LogP contribution in [-0.4, -0.2) is 60.3 Å². The maximum absolute atomic E-state index is 6.16. The second kappa shape index (κ2) is 10.2. The molecular weight excluding hydrogens is 456 g/mol. The van der Waals surface area contributed by atoms with Crippen molar-refractivity contribution < 1.29 is 14.2 Å². The van der Waals surface area contributed by atoms with Crippen LogP contribution in [0.2, 0.25) is 0 Å². The Morgan fingerprint density at radius 1 is 0.889 bits per heavy atom. The first-order valence-corrected chi connectivity index (χ1v) is 11.8. The molecule has 0 amide bonds. The van der Waals surface area contributed by atoms with Crippen molar-refractivity contribution >= 4 is 34.0 Å².